The molecule has 16 heavy (non-hydrogen) atoms. The highest BCUT2D eigenvalue weighted by molar-refractivity contribution is 6.04. The SMILES string of the molecule is O=Cc1c(C(=O)O)[nH]c(=O)c(C=O)c1C=O. The minimum Gasteiger partial charge on any atom is -0.477 e. The van der Waals surface area contributed by atoms with Crippen LogP contribution >= 0.6 is 0 Å². The summed E-state index contributed by atoms with van der Waals surface area (Å²) in [6.45, 7) is 0. The first-order valence-corrected chi connectivity index (χ1v) is 3.95. The molecule has 0 bridgehead atoms. The van der Waals surface area contributed by atoms with E-state index in [2.05, 4.69) is 0 Å². The normalized spacial score (nSPS) is 9.50. The number of pyridine rings is 1. The molecule has 0 aliphatic rings. The van der Waals surface area contributed by atoms with Crippen LogP contribution in [0, 0.1) is 0 Å². The number of aldehydes is 3. The summed E-state index contributed by atoms with van der Waals surface area (Å²) in [5.41, 5.74) is -3.36. The Morgan fingerprint density at radius 2 is 1.50 bits per heavy atom. The van der Waals surface area contributed by atoms with Gasteiger partial charge >= 0.3 is 5.97 Å². The number of nitrogens with one attached hydrogen (secondary N) is 1. The fraction of sp³-hybridized carbons (Fsp3) is 0. The Balaban J connectivity index is 3.84. The molecular weight excluding hydrogens is 218 g/mol. The molecule has 0 fully saturated rings. The number of carbonyl (C=O) groups is 4. The minimum atomic E-state index is -1.57. The Hall–Kier alpha value is -2.57. The maximum Gasteiger partial charge on any atom is 0.353 e. The van der Waals surface area contributed by atoms with E-state index in [1.54, 1.807) is 0 Å². The maximum absolute atomic E-state index is 11.2. The number of H-pyrrole nitrogens is 1. The van der Waals surface area contributed by atoms with Crippen LogP contribution < -0.4 is 5.56 Å². The lowest BCUT2D eigenvalue weighted by atomic mass is 10.0. The summed E-state index contributed by atoms with van der Waals surface area (Å²) >= 11 is 0. The highest BCUT2D eigenvalue weighted by Crippen LogP contribution is 2.09. The number of rotatable bonds is 4. The molecule has 0 amide bonds. The zero-order chi connectivity index (χ0) is 12.3. The Kier molecular flexibility index (Phi) is 3.09. The van der Waals surface area contributed by atoms with Gasteiger partial charge < -0.3 is 10.1 Å². The lowest BCUT2D eigenvalue weighted by Crippen LogP contribution is -2.23. The number of aromatic carboxylic acids is 1. The minimum absolute atomic E-state index is 0.0845. The van der Waals surface area contributed by atoms with Gasteiger partial charge in [-0.25, -0.2) is 4.79 Å². The van der Waals surface area contributed by atoms with E-state index in [4.69, 9.17) is 5.11 Å². The van der Waals surface area contributed by atoms with E-state index in [9.17, 15) is 24.0 Å². The maximum atomic E-state index is 11.2. The van der Waals surface area contributed by atoms with Crippen LogP contribution in [0.2, 0.25) is 0 Å². The van der Waals surface area contributed by atoms with Crippen molar-refractivity contribution in [3.8, 4) is 0 Å². The van der Waals surface area contributed by atoms with Crippen LogP contribution in [0.5, 0.6) is 0 Å². The molecular formula is C9H5NO6. The van der Waals surface area contributed by atoms with Crippen molar-refractivity contribution < 1.29 is 24.3 Å². The van der Waals surface area contributed by atoms with Crippen LogP contribution in [0.25, 0.3) is 0 Å². The summed E-state index contributed by atoms with van der Waals surface area (Å²) < 4.78 is 0. The first-order valence-electron chi connectivity index (χ1n) is 3.95. The van der Waals surface area contributed by atoms with Crippen LogP contribution in [0.15, 0.2) is 4.79 Å². The van der Waals surface area contributed by atoms with Gasteiger partial charge in [0.1, 0.15) is 5.69 Å². The van der Waals surface area contributed by atoms with Gasteiger partial charge in [0.25, 0.3) is 5.56 Å². The second kappa shape index (κ2) is 4.30. The monoisotopic (exact) mass is 223 g/mol. The molecule has 0 saturated carbocycles. The molecule has 0 atom stereocenters. The molecule has 1 aromatic rings. The lowest BCUT2D eigenvalue weighted by molar-refractivity contribution is 0.0686. The van der Waals surface area contributed by atoms with Gasteiger partial charge in [-0.05, 0) is 0 Å². The van der Waals surface area contributed by atoms with Crippen LogP contribution in [0.1, 0.15) is 41.6 Å². The number of hydrogen-bond donors (Lipinski definition) is 2. The molecule has 7 heteroatoms. The topological polar surface area (TPSA) is 121 Å². The van der Waals surface area contributed by atoms with Gasteiger partial charge in [-0.3, -0.25) is 19.2 Å². The smallest absolute Gasteiger partial charge is 0.353 e. The molecule has 0 aromatic carbocycles. The molecule has 0 aliphatic carbocycles. The Bertz CT molecular complexity index is 542. The number of hydrogen-bond acceptors (Lipinski definition) is 5. The van der Waals surface area contributed by atoms with E-state index in [0.29, 0.717) is 0 Å². The zero-order valence-corrected chi connectivity index (χ0v) is 7.72. The predicted molar refractivity (Wildman–Crippen MR) is 50.2 cm³/mol. The lowest BCUT2D eigenvalue weighted by Gasteiger charge is -2.03. The third kappa shape index (κ3) is 1.65. The quantitative estimate of drug-likeness (QED) is 0.664. The second-order valence-corrected chi connectivity index (χ2v) is 2.73. The highest BCUT2D eigenvalue weighted by Gasteiger charge is 2.20. The molecule has 1 heterocycles. The standard InChI is InChI=1S/C9H5NO6/c11-1-4-5(2-12)7(9(15)16)10-8(14)6(4)3-13/h1-3H,(H,10,14)(H,15,16). The summed E-state index contributed by atoms with van der Waals surface area (Å²) in [5, 5.41) is 8.67. The summed E-state index contributed by atoms with van der Waals surface area (Å²) in [6, 6.07) is 0. The van der Waals surface area contributed by atoms with Crippen molar-refractivity contribution in [2.75, 3.05) is 0 Å². The molecule has 0 aliphatic heterocycles. The first kappa shape index (κ1) is 11.5. The Labute approximate surface area is 87.7 Å². The number of carbonyl (C=O) groups excluding carboxylic acids is 3. The number of carboxylic acid groups (broad SMARTS) is 1. The van der Waals surface area contributed by atoms with Crippen LogP contribution in [-0.4, -0.2) is 34.9 Å². The molecule has 0 spiro atoms. The van der Waals surface area contributed by atoms with Gasteiger partial charge in [-0.15, -0.1) is 0 Å². The van der Waals surface area contributed by atoms with Gasteiger partial charge in [0.05, 0.1) is 11.1 Å². The fourth-order valence-electron chi connectivity index (χ4n) is 1.19. The van der Waals surface area contributed by atoms with Crippen molar-refractivity contribution in [1.82, 2.24) is 4.98 Å². The van der Waals surface area contributed by atoms with Crippen molar-refractivity contribution in [3.63, 3.8) is 0 Å². The molecule has 0 radical (unpaired) electrons. The van der Waals surface area contributed by atoms with E-state index < -0.39 is 33.9 Å². The first-order chi connectivity index (χ1) is 7.56. The van der Waals surface area contributed by atoms with Crippen molar-refractivity contribution >= 4 is 24.8 Å². The summed E-state index contributed by atoms with van der Waals surface area (Å²) in [5.74, 6) is -1.57. The molecule has 82 valence electrons. The predicted octanol–water partition coefficient (Wildman–Crippen LogP) is -0.489. The van der Waals surface area contributed by atoms with Crippen molar-refractivity contribution in [3.05, 3.63) is 32.7 Å². The molecule has 1 aromatic heterocycles. The van der Waals surface area contributed by atoms with Crippen LogP contribution in [0.4, 0.5) is 0 Å². The number of carboxylic acids is 1. The van der Waals surface area contributed by atoms with E-state index >= 15 is 0 Å². The molecule has 0 unspecified atom stereocenters. The van der Waals surface area contributed by atoms with E-state index in [-0.39, 0.29) is 18.9 Å². The van der Waals surface area contributed by atoms with E-state index in [1.165, 1.54) is 0 Å². The van der Waals surface area contributed by atoms with Gasteiger partial charge in [0, 0.05) is 5.56 Å². The van der Waals surface area contributed by atoms with Crippen molar-refractivity contribution in [2.24, 2.45) is 0 Å². The molecule has 0 saturated heterocycles. The van der Waals surface area contributed by atoms with Crippen LogP contribution in [-0.2, 0) is 0 Å². The summed E-state index contributed by atoms with van der Waals surface area (Å²) in [6.07, 6.45) is 0.270. The molecule has 2 N–H and O–H groups in total. The third-order valence-corrected chi connectivity index (χ3v) is 1.90. The summed E-state index contributed by atoms with van der Waals surface area (Å²) in [4.78, 5) is 55.5. The number of aromatic nitrogens is 1. The third-order valence-electron chi connectivity index (χ3n) is 1.90. The van der Waals surface area contributed by atoms with Gasteiger partial charge in [-0.2, -0.15) is 0 Å². The largest absolute Gasteiger partial charge is 0.477 e. The Morgan fingerprint density at radius 1 is 1.00 bits per heavy atom. The Morgan fingerprint density at radius 3 is 1.88 bits per heavy atom. The average Bonchev–Trinajstić information content (AvgIpc) is 2.27. The van der Waals surface area contributed by atoms with Gasteiger partial charge in [-0.1, -0.05) is 0 Å². The summed E-state index contributed by atoms with van der Waals surface area (Å²) in [7, 11) is 0. The van der Waals surface area contributed by atoms with Crippen LogP contribution in [0.3, 0.4) is 0 Å². The highest BCUT2D eigenvalue weighted by atomic mass is 16.4. The second-order valence-electron chi connectivity index (χ2n) is 2.73. The van der Waals surface area contributed by atoms with Crippen molar-refractivity contribution in [1.29, 1.82) is 0 Å². The van der Waals surface area contributed by atoms with Gasteiger partial charge in [0.15, 0.2) is 18.9 Å². The molecule has 7 nitrogen and oxygen atoms in total. The molecule has 1 rings (SSSR count). The number of aromatic amines is 1. The van der Waals surface area contributed by atoms with Crippen molar-refractivity contribution in [2.45, 2.75) is 0 Å². The van der Waals surface area contributed by atoms with E-state index in [0.717, 1.165) is 0 Å². The van der Waals surface area contributed by atoms with Gasteiger partial charge in [0.2, 0.25) is 0 Å². The fourth-order valence-corrected chi connectivity index (χ4v) is 1.19. The van der Waals surface area contributed by atoms with E-state index in [1.807, 2.05) is 4.98 Å². The zero-order valence-electron chi connectivity index (χ0n) is 7.72. The average molecular weight is 223 g/mol.